The van der Waals surface area contributed by atoms with Crippen LogP contribution in [0.1, 0.15) is 6.92 Å². The fourth-order valence-electron chi connectivity index (χ4n) is 0.324. The maximum Gasteiger partial charge on any atom is 0.189 e. The molecule has 0 saturated heterocycles. The molecule has 0 N–H and O–H groups in total. The molecule has 0 spiro atoms. The second-order valence-electron chi connectivity index (χ2n) is 1.56. The lowest BCUT2D eigenvalue weighted by Gasteiger charge is -1.94. The van der Waals surface area contributed by atoms with Gasteiger partial charge in [0.15, 0.2) is 12.5 Å². The molecule has 0 fully saturated rings. The molecular formula is C6H9FO2. The molecule has 0 bridgehead atoms. The summed E-state index contributed by atoms with van der Waals surface area (Å²) in [7, 11) is 1.43. The van der Waals surface area contributed by atoms with Crippen LogP contribution in [-0.2, 0) is 9.53 Å². The molecule has 0 aliphatic heterocycles. The zero-order valence-corrected chi connectivity index (χ0v) is 5.48. The van der Waals surface area contributed by atoms with Gasteiger partial charge in [0.1, 0.15) is 0 Å². The van der Waals surface area contributed by atoms with E-state index in [4.69, 9.17) is 0 Å². The molecule has 0 aromatic heterocycles. The molecule has 0 radical (unpaired) electrons. The minimum atomic E-state index is -0.958. The van der Waals surface area contributed by atoms with Gasteiger partial charge in [-0.2, -0.15) is 0 Å². The van der Waals surface area contributed by atoms with Crippen molar-refractivity contribution >= 4 is 5.78 Å². The van der Waals surface area contributed by atoms with Crippen molar-refractivity contribution in [1.29, 1.82) is 0 Å². The number of rotatable bonds is 3. The van der Waals surface area contributed by atoms with Crippen molar-refractivity contribution in [3.05, 3.63) is 11.8 Å². The minimum absolute atomic E-state index is 0.428. The third kappa shape index (κ3) is 3.70. The number of hydrogen-bond donors (Lipinski definition) is 0. The lowest BCUT2D eigenvalue weighted by atomic mass is 10.4. The van der Waals surface area contributed by atoms with Crippen molar-refractivity contribution < 1.29 is 13.9 Å². The van der Waals surface area contributed by atoms with E-state index in [1.54, 1.807) is 6.92 Å². The summed E-state index contributed by atoms with van der Waals surface area (Å²) in [5, 5.41) is 0. The van der Waals surface area contributed by atoms with E-state index >= 15 is 0 Å². The van der Waals surface area contributed by atoms with Gasteiger partial charge in [0.2, 0.25) is 0 Å². The van der Waals surface area contributed by atoms with Crippen molar-refractivity contribution in [2.24, 2.45) is 0 Å². The third-order valence-corrected chi connectivity index (χ3v) is 0.818. The summed E-state index contributed by atoms with van der Waals surface area (Å²) in [6, 6.07) is 0. The fourth-order valence-corrected chi connectivity index (χ4v) is 0.324. The van der Waals surface area contributed by atoms with E-state index in [-0.39, 0.29) is 0 Å². The van der Waals surface area contributed by atoms with Gasteiger partial charge in [-0.25, -0.2) is 4.39 Å². The highest BCUT2D eigenvalue weighted by Gasteiger charge is 1.94. The summed E-state index contributed by atoms with van der Waals surface area (Å²) in [6.07, 6.45) is 1.12. The van der Waals surface area contributed by atoms with Crippen LogP contribution >= 0.6 is 0 Å². The smallest absolute Gasteiger partial charge is 0.189 e. The number of halogens is 1. The largest absolute Gasteiger partial charge is 0.501 e. The monoisotopic (exact) mass is 132 g/mol. The maximum absolute atomic E-state index is 11.4. The van der Waals surface area contributed by atoms with Gasteiger partial charge >= 0.3 is 0 Å². The Kier molecular flexibility index (Phi) is 3.67. The highest BCUT2D eigenvalue weighted by Crippen LogP contribution is 1.91. The van der Waals surface area contributed by atoms with Gasteiger partial charge in [-0.3, -0.25) is 4.79 Å². The van der Waals surface area contributed by atoms with Crippen LogP contribution in [0.15, 0.2) is 11.8 Å². The van der Waals surface area contributed by atoms with E-state index in [0.717, 1.165) is 6.08 Å². The molecule has 0 saturated carbocycles. The van der Waals surface area contributed by atoms with E-state index in [2.05, 4.69) is 4.74 Å². The van der Waals surface area contributed by atoms with Crippen molar-refractivity contribution in [2.75, 3.05) is 13.8 Å². The Labute approximate surface area is 53.3 Å². The highest BCUT2D eigenvalue weighted by molar-refractivity contribution is 5.90. The molecule has 2 nitrogen and oxygen atoms in total. The van der Waals surface area contributed by atoms with Gasteiger partial charge in [-0.05, 0) is 6.92 Å². The van der Waals surface area contributed by atoms with Gasteiger partial charge in [0.25, 0.3) is 0 Å². The predicted molar refractivity (Wildman–Crippen MR) is 31.7 cm³/mol. The Bertz CT molecular complexity index is 129. The number of allylic oxidation sites excluding steroid dienone is 2. The number of hydrogen-bond acceptors (Lipinski definition) is 2. The topological polar surface area (TPSA) is 26.3 Å². The molecule has 0 rings (SSSR count). The first-order valence-corrected chi connectivity index (χ1v) is 2.51. The van der Waals surface area contributed by atoms with Crippen LogP contribution in [0, 0.1) is 0 Å². The maximum atomic E-state index is 11.4. The first-order valence-electron chi connectivity index (χ1n) is 2.51. The van der Waals surface area contributed by atoms with Crippen LogP contribution in [-0.4, -0.2) is 19.6 Å². The zero-order valence-electron chi connectivity index (χ0n) is 5.48. The van der Waals surface area contributed by atoms with Gasteiger partial charge in [0, 0.05) is 6.08 Å². The molecule has 0 aliphatic carbocycles. The van der Waals surface area contributed by atoms with E-state index in [0.29, 0.717) is 5.76 Å². The molecular weight excluding hydrogens is 123 g/mol. The number of ether oxygens (including phenoxy) is 1. The first-order chi connectivity index (χ1) is 4.20. The van der Waals surface area contributed by atoms with Crippen molar-refractivity contribution in [1.82, 2.24) is 0 Å². The third-order valence-electron chi connectivity index (χ3n) is 0.818. The Balaban J connectivity index is 3.79. The summed E-state index contributed by atoms with van der Waals surface area (Å²) in [4.78, 5) is 10.2. The number of ketones is 1. The van der Waals surface area contributed by atoms with Gasteiger partial charge < -0.3 is 4.74 Å². The number of carbonyl (C=O) groups is 1. The summed E-state index contributed by atoms with van der Waals surface area (Å²) in [5.41, 5.74) is 0. The number of methoxy groups -OCH3 is 1. The van der Waals surface area contributed by atoms with Crippen LogP contribution < -0.4 is 0 Å². The molecule has 9 heavy (non-hydrogen) atoms. The average molecular weight is 132 g/mol. The number of alkyl halides is 1. The molecule has 0 heterocycles. The molecule has 0 aliphatic rings. The average Bonchev–Trinajstić information content (AvgIpc) is 1.87. The first kappa shape index (κ1) is 8.14. The summed E-state index contributed by atoms with van der Waals surface area (Å²) in [5.74, 6) is -0.132. The van der Waals surface area contributed by atoms with Crippen molar-refractivity contribution in [3.8, 4) is 0 Å². The molecule has 52 valence electrons. The van der Waals surface area contributed by atoms with Crippen LogP contribution in [0.3, 0.4) is 0 Å². The Hall–Kier alpha value is -0.860. The van der Waals surface area contributed by atoms with Crippen molar-refractivity contribution in [3.63, 3.8) is 0 Å². The van der Waals surface area contributed by atoms with E-state index in [1.165, 1.54) is 7.11 Å². The van der Waals surface area contributed by atoms with Gasteiger partial charge in [0.05, 0.1) is 12.9 Å². The molecule has 0 aromatic rings. The number of carbonyl (C=O) groups excluding carboxylic acids is 1. The molecule has 0 unspecified atom stereocenters. The predicted octanol–water partition coefficient (Wildman–Crippen LogP) is 1.08. The second kappa shape index (κ2) is 4.06. The van der Waals surface area contributed by atoms with Crippen molar-refractivity contribution in [2.45, 2.75) is 6.92 Å². The highest BCUT2D eigenvalue weighted by atomic mass is 19.1. The minimum Gasteiger partial charge on any atom is -0.501 e. The summed E-state index contributed by atoms with van der Waals surface area (Å²) in [6.45, 7) is 0.633. The summed E-state index contributed by atoms with van der Waals surface area (Å²) >= 11 is 0. The second-order valence-corrected chi connectivity index (χ2v) is 1.56. The molecule has 0 amide bonds. The van der Waals surface area contributed by atoms with Crippen LogP contribution in [0.5, 0.6) is 0 Å². The zero-order chi connectivity index (χ0) is 7.28. The SMILES string of the molecule is COC(C)=CC(=O)CF. The standard InChI is InChI=1S/C6H9FO2/c1-5(9-2)3-6(8)4-7/h3H,4H2,1-2H3. The van der Waals surface area contributed by atoms with E-state index in [9.17, 15) is 9.18 Å². The van der Waals surface area contributed by atoms with Crippen LogP contribution in [0.25, 0.3) is 0 Å². The summed E-state index contributed by atoms with van der Waals surface area (Å²) < 4.78 is 16.0. The fraction of sp³-hybridized carbons (Fsp3) is 0.500. The quantitative estimate of drug-likeness (QED) is 0.424. The lowest BCUT2D eigenvalue weighted by Crippen LogP contribution is -1.95. The van der Waals surface area contributed by atoms with Gasteiger partial charge in [-0.15, -0.1) is 0 Å². The lowest BCUT2D eigenvalue weighted by molar-refractivity contribution is -0.115. The van der Waals surface area contributed by atoms with E-state index in [1.807, 2.05) is 0 Å². The Morgan fingerprint density at radius 3 is 2.67 bits per heavy atom. The van der Waals surface area contributed by atoms with Crippen LogP contribution in [0.4, 0.5) is 4.39 Å². The Morgan fingerprint density at radius 1 is 1.78 bits per heavy atom. The normalized spacial score (nSPS) is 11.2. The molecule has 0 atom stereocenters. The Morgan fingerprint density at radius 2 is 2.33 bits per heavy atom. The van der Waals surface area contributed by atoms with E-state index < -0.39 is 12.5 Å². The molecule has 0 aromatic carbocycles. The van der Waals surface area contributed by atoms with Gasteiger partial charge in [-0.1, -0.05) is 0 Å². The molecule has 3 heteroatoms. The van der Waals surface area contributed by atoms with Crippen LogP contribution in [0.2, 0.25) is 0 Å².